The highest BCUT2D eigenvalue weighted by Crippen LogP contribution is 2.25. The van der Waals surface area contributed by atoms with Gasteiger partial charge in [-0.2, -0.15) is 0 Å². The van der Waals surface area contributed by atoms with E-state index in [2.05, 4.69) is 15.9 Å². The number of sulfonamides is 1. The molecule has 0 heterocycles. The Kier molecular flexibility index (Phi) is 3.95. The van der Waals surface area contributed by atoms with Gasteiger partial charge in [0.05, 0.1) is 4.90 Å². The lowest BCUT2D eigenvalue weighted by molar-refractivity contribution is 0.0827. The lowest BCUT2D eigenvalue weighted by Crippen LogP contribution is -2.23. The zero-order valence-corrected chi connectivity index (χ0v) is 12.1. The number of nitrogens with zero attached hydrogens (tertiary/aromatic N) is 1. The summed E-state index contributed by atoms with van der Waals surface area (Å²) in [4.78, 5) is 13.1. The van der Waals surface area contributed by atoms with Crippen molar-refractivity contribution in [2.45, 2.75) is 11.8 Å². The average molecular weight is 321 g/mol. The molecule has 0 spiro atoms. The molecule has 0 aliphatic carbocycles. The van der Waals surface area contributed by atoms with Crippen molar-refractivity contribution in [3.63, 3.8) is 0 Å². The fourth-order valence-corrected chi connectivity index (χ4v) is 2.75. The van der Waals surface area contributed by atoms with Gasteiger partial charge in [0.1, 0.15) is 0 Å². The Morgan fingerprint density at radius 3 is 2.29 bits per heavy atom. The Morgan fingerprint density at radius 1 is 1.35 bits per heavy atom. The minimum atomic E-state index is -3.84. The summed E-state index contributed by atoms with van der Waals surface area (Å²) in [5, 5.41) is 5.10. The number of amides is 1. The molecule has 0 fully saturated rings. The van der Waals surface area contributed by atoms with E-state index in [-0.39, 0.29) is 16.4 Å². The van der Waals surface area contributed by atoms with Crippen molar-refractivity contribution in [1.82, 2.24) is 4.90 Å². The van der Waals surface area contributed by atoms with E-state index in [9.17, 15) is 13.2 Å². The molecule has 0 unspecified atom stereocenters. The summed E-state index contributed by atoms with van der Waals surface area (Å²) in [5.74, 6) is -0.282. The first-order valence-corrected chi connectivity index (χ1v) is 7.03. The van der Waals surface area contributed by atoms with E-state index in [1.807, 2.05) is 0 Å². The lowest BCUT2D eigenvalue weighted by Gasteiger charge is -2.13. The van der Waals surface area contributed by atoms with Crippen LogP contribution in [0.1, 0.15) is 15.9 Å². The van der Waals surface area contributed by atoms with Crippen LogP contribution in [0.2, 0.25) is 0 Å². The van der Waals surface area contributed by atoms with Crippen molar-refractivity contribution < 1.29 is 13.2 Å². The maximum Gasteiger partial charge on any atom is 0.253 e. The molecule has 2 N–H and O–H groups in total. The molecule has 0 aliphatic heterocycles. The van der Waals surface area contributed by atoms with Crippen molar-refractivity contribution in [3.05, 3.63) is 27.7 Å². The molecule has 1 amide bonds. The monoisotopic (exact) mass is 320 g/mol. The maximum absolute atomic E-state index is 11.8. The summed E-state index contributed by atoms with van der Waals surface area (Å²) >= 11 is 3.22. The molecule has 0 atom stereocenters. The van der Waals surface area contributed by atoms with Gasteiger partial charge in [-0.25, -0.2) is 13.6 Å². The second-order valence-electron chi connectivity index (χ2n) is 3.83. The van der Waals surface area contributed by atoms with E-state index < -0.39 is 10.0 Å². The van der Waals surface area contributed by atoms with Crippen LogP contribution < -0.4 is 5.14 Å². The molecule has 94 valence electrons. The number of halogens is 1. The molecule has 7 heteroatoms. The van der Waals surface area contributed by atoms with Gasteiger partial charge in [-0.15, -0.1) is 0 Å². The van der Waals surface area contributed by atoms with Crippen molar-refractivity contribution in [2.75, 3.05) is 14.1 Å². The van der Waals surface area contributed by atoms with Crippen molar-refractivity contribution >= 4 is 31.9 Å². The highest BCUT2D eigenvalue weighted by Gasteiger charge is 2.18. The number of rotatable bonds is 2. The number of carbonyl (C=O) groups excluding carboxylic acids is 1. The molecule has 0 saturated heterocycles. The maximum atomic E-state index is 11.8. The molecular weight excluding hydrogens is 308 g/mol. The molecule has 0 saturated carbocycles. The van der Waals surface area contributed by atoms with E-state index in [4.69, 9.17) is 5.14 Å². The number of benzene rings is 1. The van der Waals surface area contributed by atoms with Gasteiger partial charge in [-0.05, 0) is 24.6 Å². The number of primary sulfonamides is 1. The van der Waals surface area contributed by atoms with Crippen LogP contribution in [-0.2, 0) is 10.0 Å². The van der Waals surface area contributed by atoms with E-state index in [1.165, 1.54) is 11.0 Å². The Bertz CT molecular complexity index is 567. The zero-order valence-electron chi connectivity index (χ0n) is 9.69. The average Bonchev–Trinajstić information content (AvgIpc) is 2.18. The van der Waals surface area contributed by atoms with Crippen molar-refractivity contribution in [3.8, 4) is 0 Å². The molecule has 0 aromatic heterocycles. The van der Waals surface area contributed by atoms with Crippen LogP contribution in [-0.4, -0.2) is 33.3 Å². The number of nitrogens with two attached hydrogens (primary N) is 1. The molecule has 0 bridgehead atoms. The number of hydrogen-bond acceptors (Lipinski definition) is 3. The van der Waals surface area contributed by atoms with Crippen LogP contribution in [0, 0.1) is 6.92 Å². The molecule has 17 heavy (non-hydrogen) atoms. The Morgan fingerprint density at radius 2 is 1.88 bits per heavy atom. The normalized spacial score (nSPS) is 11.4. The van der Waals surface area contributed by atoms with Crippen LogP contribution in [0.4, 0.5) is 0 Å². The van der Waals surface area contributed by atoms with Gasteiger partial charge in [0.25, 0.3) is 5.91 Å². The second-order valence-corrected chi connectivity index (χ2v) is 6.21. The molecule has 5 nitrogen and oxygen atoms in total. The summed E-state index contributed by atoms with van der Waals surface area (Å²) < 4.78 is 23.3. The SMILES string of the molecule is Cc1c(Br)cc(C(=O)N(C)C)cc1S(N)(=O)=O. The smallest absolute Gasteiger partial charge is 0.253 e. The fourth-order valence-electron chi connectivity index (χ4n) is 1.33. The third kappa shape index (κ3) is 3.05. The highest BCUT2D eigenvalue weighted by molar-refractivity contribution is 9.10. The first-order valence-electron chi connectivity index (χ1n) is 4.69. The van der Waals surface area contributed by atoms with Gasteiger partial charge in [-0.1, -0.05) is 15.9 Å². The predicted molar refractivity (Wildman–Crippen MR) is 68.3 cm³/mol. The van der Waals surface area contributed by atoms with Crippen LogP contribution in [0.25, 0.3) is 0 Å². The Labute approximate surface area is 109 Å². The standard InChI is InChI=1S/C10H13BrN2O3S/c1-6-8(11)4-7(10(14)13(2)3)5-9(6)17(12,15)16/h4-5H,1-3H3,(H2,12,15,16). The van der Waals surface area contributed by atoms with Gasteiger partial charge in [0.2, 0.25) is 10.0 Å². The van der Waals surface area contributed by atoms with Crippen LogP contribution in [0.3, 0.4) is 0 Å². The summed E-state index contributed by atoms with van der Waals surface area (Å²) in [7, 11) is -0.658. The van der Waals surface area contributed by atoms with E-state index >= 15 is 0 Å². The largest absolute Gasteiger partial charge is 0.345 e. The number of carbonyl (C=O) groups is 1. The molecule has 1 rings (SSSR count). The first-order chi connectivity index (χ1) is 7.64. The molecular formula is C10H13BrN2O3S. The molecule has 1 aromatic carbocycles. The quantitative estimate of drug-likeness (QED) is 0.886. The van der Waals surface area contributed by atoms with E-state index in [0.717, 1.165) is 0 Å². The van der Waals surface area contributed by atoms with Gasteiger partial charge in [0.15, 0.2) is 0 Å². The van der Waals surface area contributed by atoms with Gasteiger partial charge in [-0.3, -0.25) is 4.79 Å². The minimum Gasteiger partial charge on any atom is -0.345 e. The van der Waals surface area contributed by atoms with Gasteiger partial charge in [0, 0.05) is 24.1 Å². The van der Waals surface area contributed by atoms with Crippen molar-refractivity contribution in [2.24, 2.45) is 5.14 Å². The molecule has 0 radical (unpaired) electrons. The predicted octanol–water partition coefficient (Wildman–Crippen LogP) is 1.11. The molecule has 0 aliphatic rings. The van der Waals surface area contributed by atoms with Crippen LogP contribution in [0.15, 0.2) is 21.5 Å². The fraction of sp³-hybridized carbons (Fsp3) is 0.300. The number of hydrogen-bond donors (Lipinski definition) is 1. The summed E-state index contributed by atoms with van der Waals surface area (Å²) in [6.45, 7) is 1.62. The third-order valence-electron chi connectivity index (χ3n) is 2.26. The summed E-state index contributed by atoms with van der Waals surface area (Å²) in [6, 6.07) is 2.87. The van der Waals surface area contributed by atoms with Crippen LogP contribution >= 0.6 is 15.9 Å². The first kappa shape index (κ1) is 14.1. The summed E-state index contributed by atoms with van der Waals surface area (Å²) in [6.07, 6.45) is 0. The van der Waals surface area contributed by atoms with E-state index in [1.54, 1.807) is 27.1 Å². The van der Waals surface area contributed by atoms with E-state index in [0.29, 0.717) is 10.0 Å². The summed E-state index contributed by atoms with van der Waals surface area (Å²) in [5.41, 5.74) is 0.763. The van der Waals surface area contributed by atoms with Crippen LogP contribution in [0.5, 0.6) is 0 Å². The topological polar surface area (TPSA) is 80.5 Å². The van der Waals surface area contributed by atoms with Crippen molar-refractivity contribution in [1.29, 1.82) is 0 Å². The van der Waals surface area contributed by atoms with Gasteiger partial charge >= 0.3 is 0 Å². The second kappa shape index (κ2) is 4.75. The van der Waals surface area contributed by atoms with Gasteiger partial charge < -0.3 is 4.90 Å². The lowest BCUT2D eigenvalue weighted by atomic mass is 10.1. The highest BCUT2D eigenvalue weighted by atomic mass is 79.9. The molecule has 1 aromatic rings. The third-order valence-corrected chi connectivity index (χ3v) is 4.12. The Hall–Kier alpha value is -0.920. The Balaban J connectivity index is 3.50. The minimum absolute atomic E-state index is 0.0444. The zero-order chi connectivity index (χ0) is 13.4.